The molecule has 0 aromatic heterocycles. The molecule has 1 heterocycles. The van der Waals surface area contributed by atoms with Gasteiger partial charge in [-0.25, -0.2) is 0 Å². The molecule has 0 bridgehead atoms. The van der Waals surface area contributed by atoms with Crippen molar-refractivity contribution < 1.29 is 14.3 Å². The van der Waals surface area contributed by atoms with Crippen LogP contribution in [-0.2, 0) is 4.79 Å². The zero-order chi connectivity index (χ0) is 19.2. The van der Waals surface area contributed by atoms with Crippen molar-refractivity contribution in [2.45, 2.75) is 0 Å². The number of likely N-dealkylation sites (N-methyl/N-ethyl adjacent to an activating group) is 1. The Kier molecular flexibility index (Phi) is 6.42. The molecule has 1 N–H and O–H groups in total. The Balaban J connectivity index is 1.67. The first-order chi connectivity index (χ1) is 13.1. The summed E-state index contributed by atoms with van der Waals surface area (Å²) in [4.78, 5) is 17.0. The Labute approximate surface area is 164 Å². The number of para-hydroxylation sites is 2. The van der Waals surface area contributed by atoms with Crippen LogP contribution in [-0.4, -0.2) is 57.8 Å². The standard InChI is InChI=1S/C20H24ClN3O3/c1-23-9-11-24(12-10-23)17-8-7-15(21)13-16(17)22-20(25)14-27-19-6-4-3-5-18(19)26-2/h3-8,13H,9-12,14H2,1-2H3,(H,22,25). The first kappa shape index (κ1) is 19.3. The van der Waals surface area contributed by atoms with Crippen LogP contribution in [0, 0.1) is 0 Å². The number of benzene rings is 2. The molecule has 0 atom stereocenters. The van der Waals surface area contributed by atoms with Gasteiger partial charge >= 0.3 is 0 Å². The van der Waals surface area contributed by atoms with Crippen LogP contribution in [0.3, 0.4) is 0 Å². The fraction of sp³-hybridized carbons (Fsp3) is 0.350. The van der Waals surface area contributed by atoms with Crippen LogP contribution in [0.25, 0.3) is 0 Å². The predicted octanol–water partition coefficient (Wildman–Crippen LogP) is 3.12. The Hall–Kier alpha value is -2.44. The maximum Gasteiger partial charge on any atom is 0.262 e. The molecule has 27 heavy (non-hydrogen) atoms. The quantitative estimate of drug-likeness (QED) is 0.822. The molecular formula is C20H24ClN3O3. The average molecular weight is 390 g/mol. The lowest BCUT2D eigenvalue weighted by atomic mass is 10.2. The van der Waals surface area contributed by atoms with E-state index in [2.05, 4.69) is 22.2 Å². The van der Waals surface area contributed by atoms with Gasteiger partial charge < -0.3 is 24.6 Å². The molecule has 1 saturated heterocycles. The van der Waals surface area contributed by atoms with Crippen molar-refractivity contribution in [3.05, 3.63) is 47.5 Å². The number of nitrogens with one attached hydrogen (secondary N) is 1. The Morgan fingerprint density at radius 3 is 2.52 bits per heavy atom. The highest BCUT2D eigenvalue weighted by Crippen LogP contribution is 2.30. The number of rotatable bonds is 6. The second kappa shape index (κ2) is 8.97. The van der Waals surface area contributed by atoms with Crippen LogP contribution in [0.4, 0.5) is 11.4 Å². The van der Waals surface area contributed by atoms with Gasteiger partial charge in [0.25, 0.3) is 5.91 Å². The summed E-state index contributed by atoms with van der Waals surface area (Å²) in [6.45, 7) is 3.65. The van der Waals surface area contributed by atoms with E-state index in [9.17, 15) is 4.79 Å². The summed E-state index contributed by atoms with van der Waals surface area (Å²) < 4.78 is 10.8. The molecule has 2 aromatic rings. The highest BCUT2D eigenvalue weighted by molar-refractivity contribution is 6.31. The van der Waals surface area contributed by atoms with Gasteiger partial charge in [0, 0.05) is 31.2 Å². The lowest BCUT2D eigenvalue weighted by Crippen LogP contribution is -2.44. The first-order valence-corrected chi connectivity index (χ1v) is 9.23. The summed E-state index contributed by atoms with van der Waals surface area (Å²) in [5, 5.41) is 3.50. The van der Waals surface area contributed by atoms with Crippen molar-refractivity contribution >= 4 is 28.9 Å². The highest BCUT2D eigenvalue weighted by Gasteiger charge is 2.18. The number of anilines is 2. The van der Waals surface area contributed by atoms with Gasteiger partial charge in [0.05, 0.1) is 18.5 Å². The van der Waals surface area contributed by atoms with Gasteiger partial charge in [-0.15, -0.1) is 0 Å². The van der Waals surface area contributed by atoms with E-state index >= 15 is 0 Å². The summed E-state index contributed by atoms with van der Waals surface area (Å²) >= 11 is 6.15. The molecule has 1 aliphatic rings. The Morgan fingerprint density at radius 2 is 1.81 bits per heavy atom. The van der Waals surface area contributed by atoms with E-state index in [0.717, 1.165) is 31.9 Å². The minimum absolute atomic E-state index is 0.116. The van der Waals surface area contributed by atoms with Crippen LogP contribution in [0.5, 0.6) is 11.5 Å². The third kappa shape index (κ3) is 5.05. The molecule has 7 heteroatoms. The zero-order valence-electron chi connectivity index (χ0n) is 15.6. The molecule has 1 amide bonds. The number of nitrogens with zero attached hydrogens (tertiary/aromatic N) is 2. The lowest BCUT2D eigenvalue weighted by molar-refractivity contribution is -0.118. The molecule has 2 aromatic carbocycles. The summed E-state index contributed by atoms with van der Waals surface area (Å²) in [6, 6.07) is 12.8. The summed E-state index contributed by atoms with van der Waals surface area (Å²) in [5.74, 6) is 0.866. The van der Waals surface area contributed by atoms with Crippen LogP contribution >= 0.6 is 11.6 Å². The van der Waals surface area contributed by atoms with Gasteiger partial charge in [0.2, 0.25) is 0 Å². The number of carbonyl (C=O) groups is 1. The number of hydrogen-bond donors (Lipinski definition) is 1. The normalized spacial score (nSPS) is 14.7. The van der Waals surface area contributed by atoms with Crippen LogP contribution in [0.15, 0.2) is 42.5 Å². The number of methoxy groups -OCH3 is 1. The molecule has 3 rings (SSSR count). The fourth-order valence-electron chi connectivity index (χ4n) is 3.00. The van der Waals surface area contributed by atoms with Crippen molar-refractivity contribution in [2.75, 3.05) is 57.2 Å². The van der Waals surface area contributed by atoms with E-state index in [4.69, 9.17) is 21.1 Å². The number of hydrogen-bond acceptors (Lipinski definition) is 5. The molecule has 0 aliphatic carbocycles. The second-order valence-electron chi connectivity index (χ2n) is 6.44. The van der Waals surface area contributed by atoms with E-state index in [-0.39, 0.29) is 12.5 Å². The molecule has 0 radical (unpaired) electrons. The summed E-state index contributed by atoms with van der Waals surface area (Å²) in [5.41, 5.74) is 1.67. The third-order valence-electron chi connectivity index (χ3n) is 4.50. The van der Waals surface area contributed by atoms with Gasteiger partial charge in [-0.3, -0.25) is 4.79 Å². The molecule has 144 valence electrons. The maximum absolute atomic E-state index is 12.4. The smallest absolute Gasteiger partial charge is 0.262 e. The van der Waals surface area contributed by atoms with Crippen LogP contribution < -0.4 is 19.7 Å². The van der Waals surface area contributed by atoms with Gasteiger partial charge in [0.15, 0.2) is 18.1 Å². The average Bonchev–Trinajstić information content (AvgIpc) is 2.67. The minimum atomic E-state index is -0.251. The van der Waals surface area contributed by atoms with Gasteiger partial charge in [-0.2, -0.15) is 0 Å². The van der Waals surface area contributed by atoms with Gasteiger partial charge in [-0.05, 0) is 37.4 Å². The topological polar surface area (TPSA) is 54.0 Å². The largest absolute Gasteiger partial charge is 0.493 e. The van der Waals surface area contributed by atoms with E-state index < -0.39 is 0 Å². The van der Waals surface area contributed by atoms with Crippen molar-refractivity contribution in [3.63, 3.8) is 0 Å². The molecule has 1 fully saturated rings. The highest BCUT2D eigenvalue weighted by atomic mass is 35.5. The fourth-order valence-corrected chi connectivity index (χ4v) is 3.17. The number of carbonyl (C=O) groups excluding carboxylic acids is 1. The van der Waals surface area contributed by atoms with Crippen molar-refractivity contribution in [1.29, 1.82) is 0 Å². The third-order valence-corrected chi connectivity index (χ3v) is 4.74. The zero-order valence-corrected chi connectivity index (χ0v) is 16.3. The molecule has 0 unspecified atom stereocenters. The second-order valence-corrected chi connectivity index (χ2v) is 6.88. The maximum atomic E-state index is 12.4. The van der Waals surface area contributed by atoms with E-state index in [1.165, 1.54) is 0 Å². The summed E-state index contributed by atoms with van der Waals surface area (Å²) in [7, 11) is 3.67. The lowest BCUT2D eigenvalue weighted by Gasteiger charge is -2.35. The van der Waals surface area contributed by atoms with Crippen molar-refractivity contribution in [2.24, 2.45) is 0 Å². The van der Waals surface area contributed by atoms with E-state index in [0.29, 0.717) is 22.2 Å². The van der Waals surface area contributed by atoms with E-state index in [1.807, 2.05) is 24.3 Å². The van der Waals surface area contributed by atoms with Gasteiger partial charge in [-0.1, -0.05) is 23.7 Å². The van der Waals surface area contributed by atoms with Crippen molar-refractivity contribution in [3.8, 4) is 11.5 Å². The van der Waals surface area contributed by atoms with Crippen LogP contribution in [0.2, 0.25) is 5.02 Å². The molecule has 6 nitrogen and oxygen atoms in total. The predicted molar refractivity (Wildman–Crippen MR) is 108 cm³/mol. The SMILES string of the molecule is COc1ccccc1OCC(=O)Nc1cc(Cl)ccc1N1CCN(C)CC1. The molecule has 1 aliphatic heterocycles. The van der Waals surface area contributed by atoms with Gasteiger partial charge in [0.1, 0.15) is 0 Å². The van der Waals surface area contributed by atoms with Crippen LogP contribution in [0.1, 0.15) is 0 Å². The number of amides is 1. The summed E-state index contributed by atoms with van der Waals surface area (Å²) in [6.07, 6.45) is 0. The Bertz CT molecular complexity index is 792. The van der Waals surface area contributed by atoms with Crippen molar-refractivity contribution in [1.82, 2.24) is 4.90 Å². The number of piperazine rings is 1. The molecule has 0 saturated carbocycles. The number of halogens is 1. The molecule has 0 spiro atoms. The first-order valence-electron chi connectivity index (χ1n) is 8.85. The monoisotopic (exact) mass is 389 g/mol. The van der Waals surface area contributed by atoms with E-state index in [1.54, 1.807) is 25.3 Å². The molecular weight excluding hydrogens is 366 g/mol. The number of ether oxygens (including phenoxy) is 2. The minimum Gasteiger partial charge on any atom is -0.493 e. The Morgan fingerprint density at radius 1 is 1.11 bits per heavy atom.